The molecule has 5 heteroatoms. The molecule has 0 radical (unpaired) electrons. The molecule has 0 saturated carbocycles. The van der Waals surface area contributed by atoms with Gasteiger partial charge < -0.3 is 14.9 Å². The van der Waals surface area contributed by atoms with Gasteiger partial charge in [-0.3, -0.25) is 4.79 Å². The van der Waals surface area contributed by atoms with Gasteiger partial charge in [-0.25, -0.2) is 4.79 Å². The maximum atomic E-state index is 12.7. The molecule has 0 aromatic heterocycles. The second-order valence-corrected chi connectivity index (χ2v) is 5.99. The van der Waals surface area contributed by atoms with E-state index in [9.17, 15) is 9.59 Å². The van der Waals surface area contributed by atoms with Crippen molar-refractivity contribution in [1.29, 1.82) is 0 Å². The van der Waals surface area contributed by atoms with Gasteiger partial charge in [-0.15, -0.1) is 0 Å². The fraction of sp³-hybridized carbons (Fsp3) is 0.867. The number of likely N-dealkylation sites (tertiary alicyclic amines) is 2. The fourth-order valence-electron chi connectivity index (χ4n) is 3.35. The molecule has 0 aromatic rings. The molecule has 0 spiro atoms. The number of hydrogen-bond donors (Lipinski definition) is 1. The van der Waals surface area contributed by atoms with Crippen LogP contribution in [0.4, 0.5) is 4.79 Å². The molecule has 2 rings (SSSR count). The van der Waals surface area contributed by atoms with Crippen LogP contribution in [0.5, 0.6) is 0 Å². The predicted molar refractivity (Wildman–Crippen MR) is 76.6 cm³/mol. The third-order valence-electron chi connectivity index (χ3n) is 4.71. The summed E-state index contributed by atoms with van der Waals surface area (Å²) in [6.45, 7) is 4.18. The van der Waals surface area contributed by atoms with Crippen molar-refractivity contribution in [3.8, 4) is 0 Å². The lowest BCUT2D eigenvalue weighted by molar-refractivity contribution is -0.143. The van der Waals surface area contributed by atoms with Gasteiger partial charge in [0.05, 0.1) is 5.92 Å². The summed E-state index contributed by atoms with van der Waals surface area (Å²) in [4.78, 5) is 27.5. The van der Waals surface area contributed by atoms with E-state index in [0.717, 1.165) is 25.8 Å². The Kier molecular flexibility index (Phi) is 5.26. The zero-order valence-electron chi connectivity index (χ0n) is 12.4. The molecule has 2 heterocycles. The van der Waals surface area contributed by atoms with Gasteiger partial charge >= 0.3 is 12.0 Å². The van der Waals surface area contributed by atoms with Gasteiger partial charge in [-0.1, -0.05) is 19.8 Å². The number of piperidine rings is 1. The summed E-state index contributed by atoms with van der Waals surface area (Å²) in [7, 11) is 0. The third kappa shape index (κ3) is 3.44. The van der Waals surface area contributed by atoms with Gasteiger partial charge in [0, 0.05) is 25.7 Å². The average molecular weight is 282 g/mol. The molecule has 2 aliphatic rings. The minimum absolute atomic E-state index is 0.127. The van der Waals surface area contributed by atoms with E-state index in [-0.39, 0.29) is 11.9 Å². The van der Waals surface area contributed by atoms with Gasteiger partial charge in [0.1, 0.15) is 0 Å². The number of amides is 2. The van der Waals surface area contributed by atoms with Crippen molar-refractivity contribution < 1.29 is 14.7 Å². The van der Waals surface area contributed by atoms with Crippen LogP contribution in [0.25, 0.3) is 0 Å². The van der Waals surface area contributed by atoms with Crippen LogP contribution in [0, 0.1) is 5.92 Å². The number of nitrogens with zero attached hydrogens (tertiary/aromatic N) is 2. The molecule has 0 aliphatic carbocycles. The Balaban J connectivity index is 1.94. The van der Waals surface area contributed by atoms with Crippen LogP contribution >= 0.6 is 0 Å². The van der Waals surface area contributed by atoms with E-state index < -0.39 is 5.97 Å². The maximum Gasteiger partial charge on any atom is 0.320 e. The number of carboxylic acids is 1. The number of carbonyl (C=O) groups excluding carboxylic acids is 1. The highest BCUT2D eigenvalue weighted by Gasteiger charge is 2.32. The monoisotopic (exact) mass is 282 g/mol. The van der Waals surface area contributed by atoms with Gasteiger partial charge in [0.25, 0.3) is 0 Å². The number of hydrogen-bond acceptors (Lipinski definition) is 2. The molecule has 2 aliphatic heterocycles. The summed E-state index contributed by atoms with van der Waals surface area (Å²) in [6, 6.07) is 0.491. The molecule has 2 amide bonds. The highest BCUT2D eigenvalue weighted by molar-refractivity contribution is 5.76. The lowest BCUT2D eigenvalue weighted by Crippen LogP contribution is -2.50. The summed E-state index contributed by atoms with van der Waals surface area (Å²) in [5.74, 6) is -0.997. The van der Waals surface area contributed by atoms with Crippen molar-refractivity contribution in [2.75, 3.05) is 19.6 Å². The van der Waals surface area contributed by atoms with Crippen molar-refractivity contribution in [3.63, 3.8) is 0 Å². The largest absolute Gasteiger partial charge is 0.481 e. The van der Waals surface area contributed by atoms with Crippen LogP contribution in [-0.4, -0.2) is 52.6 Å². The standard InChI is InChI=1S/C15H26N2O3/c1-2-13-6-4-3-5-9-17(13)15(20)16-10-7-12(8-11-16)14(18)19/h12-13H,2-11H2,1H3,(H,18,19). The SMILES string of the molecule is CCC1CCCCCN1C(=O)N1CCC(C(=O)O)CC1. The van der Waals surface area contributed by atoms with Crippen LogP contribution < -0.4 is 0 Å². The minimum atomic E-state index is -0.724. The molecule has 1 N–H and O–H groups in total. The quantitative estimate of drug-likeness (QED) is 0.846. The normalized spacial score (nSPS) is 25.4. The Morgan fingerprint density at radius 1 is 1.05 bits per heavy atom. The van der Waals surface area contributed by atoms with E-state index in [1.54, 1.807) is 0 Å². The Morgan fingerprint density at radius 2 is 1.75 bits per heavy atom. The molecule has 2 saturated heterocycles. The summed E-state index contributed by atoms with van der Waals surface area (Å²) in [5.41, 5.74) is 0. The number of aliphatic carboxylic acids is 1. The van der Waals surface area contributed by atoms with Gasteiger partial charge in [-0.05, 0) is 32.1 Å². The zero-order chi connectivity index (χ0) is 14.5. The first-order valence-corrected chi connectivity index (χ1v) is 7.91. The van der Waals surface area contributed by atoms with Crippen molar-refractivity contribution in [2.24, 2.45) is 5.92 Å². The molecule has 5 nitrogen and oxygen atoms in total. The van der Waals surface area contributed by atoms with E-state index in [0.29, 0.717) is 32.0 Å². The Bertz CT molecular complexity index is 351. The van der Waals surface area contributed by atoms with E-state index in [4.69, 9.17) is 5.11 Å². The number of carboxylic acid groups (broad SMARTS) is 1. The van der Waals surface area contributed by atoms with Crippen LogP contribution in [0.15, 0.2) is 0 Å². The van der Waals surface area contributed by atoms with Crippen molar-refractivity contribution in [2.45, 2.75) is 57.9 Å². The van der Waals surface area contributed by atoms with Crippen LogP contribution in [0.3, 0.4) is 0 Å². The molecule has 1 atom stereocenters. The lowest BCUT2D eigenvalue weighted by Gasteiger charge is -2.37. The zero-order valence-corrected chi connectivity index (χ0v) is 12.4. The lowest BCUT2D eigenvalue weighted by atomic mass is 9.97. The fourth-order valence-corrected chi connectivity index (χ4v) is 3.35. The predicted octanol–water partition coefficient (Wildman–Crippen LogP) is 2.56. The molecule has 2 fully saturated rings. The summed E-state index contributed by atoms with van der Waals surface area (Å²) in [6.07, 6.45) is 6.81. The first kappa shape index (κ1) is 15.1. The smallest absolute Gasteiger partial charge is 0.320 e. The van der Waals surface area contributed by atoms with Crippen molar-refractivity contribution in [3.05, 3.63) is 0 Å². The molecule has 0 aromatic carbocycles. The van der Waals surface area contributed by atoms with Gasteiger partial charge in [-0.2, -0.15) is 0 Å². The average Bonchev–Trinajstić information content (AvgIpc) is 2.71. The first-order valence-electron chi connectivity index (χ1n) is 7.91. The van der Waals surface area contributed by atoms with E-state index in [1.165, 1.54) is 12.8 Å². The summed E-state index contributed by atoms with van der Waals surface area (Å²) >= 11 is 0. The van der Waals surface area contributed by atoms with E-state index >= 15 is 0 Å². The molecule has 0 bridgehead atoms. The van der Waals surface area contributed by atoms with Crippen LogP contribution in [-0.2, 0) is 4.79 Å². The van der Waals surface area contributed by atoms with Crippen molar-refractivity contribution >= 4 is 12.0 Å². The number of rotatable bonds is 2. The Morgan fingerprint density at radius 3 is 2.35 bits per heavy atom. The van der Waals surface area contributed by atoms with Crippen LogP contribution in [0.1, 0.15) is 51.9 Å². The highest BCUT2D eigenvalue weighted by Crippen LogP contribution is 2.23. The molecule has 114 valence electrons. The van der Waals surface area contributed by atoms with E-state index in [1.807, 2.05) is 9.80 Å². The molecule has 20 heavy (non-hydrogen) atoms. The molecular weight excluding hydrogens is 256 g/mol. The highest BCUT2D eigenvalue weighted by atomic mass is 16.4. The molecular formula is C15H26N2O3. The number of carbonyl (C=O) groups is 2. The number of urea groups is 1. The van der Waals surface area contributed by atoms with Gasteiger partial charge in [0.2, 0.25) is 0 Å². The summed E-state index contributed by atoms with van der Waals surface area (Å²) in [5, 5.41) is 9.02. The first-order chi connectivity index (χ1) is 9.63. The van der Waals surface area contributed by atoms with Crippen LogP contribution in [0.2, 0.25) is 0 Å². The van der Waals surface area contributed by atoms with E-state index in [2.05, 4.69) is 6.92 Å². The second-order valence-electron chi connectivity index (χ2n) is 5.99. The topological polar surface area (TPSA) is 60.9 Å². The third-order valence-corrected chi connectivity index (χ3v) is 4.71. The van der Waals surface area contributed by atoms with Crippen molar-refractivity contribution in [1.82, 2.24) is 9.80 Å². The Hall–Kier alpha value is -1.26. The van der Waals surface area contributed by atoms with Gasteiger partial charge in [0.15, 0.2) is 0 Å². The minimum Gasteiger partial charge on any atom is -0.481 e. The molecule has 1 unspecified atom stereocenters. The maximum absolute atomic E-state index is 12.7. The Labute approximate surface area is 120 Å². The second kappa shape index (κ2) is 6.95. The summed E-state index contributed by atoms with van der Waals surface area (Å²) < 4.78 is 0.